The normalized spacial score (nSPS) is 15.3. The van der Waals surface area contributed by atoms with Gasteiger partial charge in [-0.25, -0.2) is 24.3 Å². The van der Waals surface area contributed by atoms with Crippen molar-refractivity contribution >= 4 is 27.8 Å². The number of methoxy groups -OCH3 is 2. The van der Waals surface area contributed by atoms with Crippen molar-refractivity contribution in [3.63, 3.8) is 0 Å². The van der Waals surface area contributed by atoms with Crippen LogP contribution in [0, 0.1) is 5.82 Å². The Kier molecular flexibility index (Phi) is 5.88. The molecule has 1 fully saturated rings. The number of hydrogen-bond donors (Lipinski definition) is 0. The molecule has 37 heavy (non-hydrogen) atoms. The number of benzene rings is 3. The van der Waals surface area contributed by atoms with Crippen LogP contribution in [0.3, 0.4) is 0 Å². The molecule has 6 rings (SSSR count). The Morgan fingerprint density at radius 1 is 0.865 bits per heavy atom. The first-order valence-corrected chi connectivity index (χ1v) is 11.9. The highest BCUT2D eigenvalue weighted by atomic mass is 19.1. The van der Waals surface area contributed by atoms with Crippen LogP contribution in [-0.4, -0.2) is 53.3 Å². The fourth-order valence-electron chi connectivity index (χ4n) is 4.59. The third kappa shape index (κ3) is 4.44. The number of para-hydroxylation sites is 2. The Labute approximate surface area is 212 Å². The van der Waals surface area contributed by atoms with Gasteiger partial charge in [-0.15, -0.1) is 0 Å². The van der Waals surface area contributed by atoms with Gasteiger partial charge in [-0.1, -0.05) is 12.1 Å². The zero-order valence-electron chi connectivity index (χ0n) is 20.4. The van der Waals surface area contributed by atoms with E-state index in [0.29, 0.717) is 35.3 Å². The van der Waals surface area contributed by atoms with Crippen LogP contribution < -0.4 is 19.1 Å². The highest BCUT2D eigenvalue weighted by Gasteiger charge is 2.28. The Balaban J connectivity index is 1.36. The molecule has 5 aromatic rings. The molecule has 186 valence electrons. The third-order valence-corrected chi connectivity index (χ3v) is 6.44. The summed E-state index contributed by atoms with van der Waals surface area (Å²) in [4.78, 5) is 20.9. The van der Waals surface area contributed by atoms with Crippen molar-refractivity contribution < 1.29 is 18.6 Å². The van der Waals surface area contributed by atoms with E-state index < -0.39 is 0 Å². The minimum Gasteiger partial charge on any atom is -0.493 e. The zero-order valence-corrected chi connectivity index (χ0v) is 20.4. The Hall–Kier alpha value is -4.53. The van der Waals surface area contributed by atoms with Gasteiger partial charge in [-0.3, -0.25) is 0 Å². The number of anilines is 1. The van der Waals surface area contributed by atoms with Crippen molar-refractivity contribution in [2.45, 2.75) is 12.5 Å². The van der Waals surface area contributed by atoms with Crippen LogP contribution in [0.15, 0.2) is 66.9 Å². The highest BCUT2D eigenvalue weighted by Crippen LogP contribution is 2.37. The molecule has 0 amide bonds. The molecule has 8 nitrogen and oxygen atoms in total. The van der Waals surface area contributed by atoms with Gasteiger partial charge in [-0.2, -0.15) is 0 Å². The fourth-order valence-corrected chi connectivity index (χ4v) is 4.59. The number of halogens is 1. The number of ether oxygens (including phenoxy) is 3. The van der Waals surface area contributed by atoms with Gasteiger partial charge < -0.3 is 19.1 Å². The second-order valence-corrected chi connectivity index (χ2v) is 8.77. The average molecular weight is 498 g/mol. The lowest BCUT2D eigenvalue weighted by Crippen LogP contribution is -2.26. The number of nitrogens with zero attached hydrogens (tertiary/aromatic N) is 5. The quantitative estimate of drug-likeness (QED) is 0.322. The zero-order chi connectivity index (χ0) is 25.4. The first-order chi connectivity index (χ1) is 18.1. The molecule has 0 aliphatic carbocycles. The average Bonchev–Trinajstić information content (AvgIpc) is 3.40. The van der Waals surface area contributed by atoms with Crippen molar-refractivity contribution in [3.8, 4) is 28.8 Å². The minimum atomic E-state index is -0.313. The fraction of sp³-hybridized carbons (Fsp3) is 0.214. The molecular formula is C28H24FN5O3. The second-order valence-electron chi connectivity index (χ2n) is 8.77. The van der Waals surface area contributed by atoms with E-state index >= 15 is 0 Å². The molecule has 0 radical (unpaired) electrons. The van der Waals surface area contributed by atoms with Crippen LogP contribution in [-0.2, 0) is 0 Å². The van der Waals surface area contributed by atoms with E-state index in [9.17, 15) is 4.39 Å². The molecule has 1 aliphatic heterocycles. The van der Waals surface area contributed by atoms with Gasteiger partial charge in [0.25, 0.3) is 0 Å². The first-order valence-electron chi connectivity index (χ1n) is 11.9. The van der Waals surface area contributed by atoms with Gasteiger partial charge in [0.1, 0.15) is 17.7 Å². The summed E-state index contributed by atoms with van der Waals surface area (Å²) in [5.41, 5.74) is 3.04. The molecule has 1 unspecified atom stereocenters. The lowest BCUT2D eigenvalue weighted by Gasteiger charge is -2.21. The topological polar surface area (TPSA) is 82.5 Å². The maximum Gasteiger partial charge on any atom is 0.233 e. The summed E-state index contributed by atoms with van der Waals surface area (Å²) in [5.74, 6) is 2.60. The predicted octanol–water partition coefficient (Wildman–Crippen LogP) is 5.05. The van der Waals surface area contributed by atoms with Crippen molar-refractivity contribution in [3.05, 3.63) is 72.7 Å². The SMILES string of the molecule is COc1cc2nc(-c3ccc(F)cc3)nc(N3CCC(Oc4cnc5ccccc5n4)C3)c2cc1OC. The molecule has 0 bridgehead atoms. The molecule has 0 N–H and O–H groups in total. The highest BCUT2D eigenvalue weighted by molar-refractivity contribution is 5.93. The van der Waals surface area contributed by atoms with Crippen LogP contribution in [0.2, 0.25) is 0 Å². The summed E-state index contributed by atoms with van der Waals surface area (Å²) in [6, 6.07) is 17.6. The summed E-state index contributed by atoms with van der Waals surface area (Å²) >= 11 is 0. The van der Waals surface area contributed by atoms with Gasteiger partial charge in [0.15, 0.2) is 17.3 Å². The van der Waals surface area contributed by atoms with Crippen molar-refractivity contribution in [1.29, 1.82) is 0 Å². The maximum absolute atomic E-state index is 13.6. The van der Waals surface area contributed by atoms with E-state index in [1.165, 1.54) is 12.1 Å². The number of aromatic nitrogens is 4. The molecule has 3 aromatic carbocycles. The minimum absolute atomic E-state index is 0.0881. The lowest BCUT2D eigenvalue weighted by atomic mass is 10.1. The molecule has 3 heterocycles. The molecule has 0 spiro atoms. The molecule has 0 saturated carbocycles. The Morgan fingerprint density at radius 2 is 1.62 bits per heavy atom. The summed E-state index contributed by atoms with van der Waals surface area (Å²) in [6.45, 7) is 1.34. The molecule has 1 aliphatic rings. The van der Waals surface area contributed by atoms with Gasteiger partial charge in [0.05, 0.1) is 43.5 Å². The van der Waals surface area contributed by atoms with E-state index in [1.807, 2.05) is 36.4 Å². The van der Waals surface area contributed by atoms with E-state index in [0.717, 1.165) is 40.8 Å². The van der Waals surface area contributed by atoms with Crippen LogP contribution in [0.5, 0.6) is 17.4 Å². The molecule has 1 atom stereocenters. The summed E-state index contributed by atoms with van der Waals surface area (Å²) in [5, 5.41) is 0.828. The molecule has 2 aromatic heterocycles. The predicted molar refractivity (Wildman–Crippen MR) is 139 cm³/mol. The lowest BCUT2D eigenvalue weighted by molar-refractivity contribution is 0.216. The van der Waals surface area contributed by atoms with E-state index in [2.05, 4.69) is 14.9 Å². The standard InChI is InChI=1S/C28H24FN5O3/c1-35-24-13-20-23(14-25(24)36-2)32-27(17-7-9-18(29)10-8-17)33-28(20)34-12-11-19(16-34)37-26-15-30-21-5-3-4-6-22(21)31-26/h3-10,13-15,19H,11-12,16H2,1-2H3. The van der Waals surface area contributed by atoms with Gasteiger partial charge in [0.2, 0.25) is 5.88 Å². The van der Waals surface area contributed by atoms with E-state index in [4.69, 9.17) is 24.2 Å². The molecular weight excluding hydrogens is 473 g/mol. The number of fused-ring (bicyclic) bond motifs is 2. The van der Waals surface area contributed by atoms with Crippen molar-refractivity contribution in [1.82, 2.24) is 19.9 Å². The Morgan fingerprint density at radius 3 is 2.41 bits per heavy atom. The van der Waals surface area contributed by atoms with Crippen molar-refractivity contribution in [2.75, 3.05) is 32.2 Å². The van der Waals surface area contributed by atoms with E-state index in [1.54, 1.807) is 32.5 Å². The number of rotatable bonds is 6. The number of hydrogen-bond acceptors (Lipinski definition) is 8. The molecule has 1 saturated heterocycles. The molecule has 9 heteroatoms. The maximum atomic E-state index is 13.6. The Bertz CT molecular complexity index is 1600. The van der Waals surface area contributed by atoms with Crippen LogP contribution in [0.1, 0.15) is 6.42 Å². The van der Waals surface area contributed by atoms with Crippen LogP contribution in [0.4, 0.5) is 10.2 Å². The smallest absolute Gasteiger partial charge is 0.233 e. The van der Waals surface area contributed by atoms with Crippen LogP contribution in [0.25, 0.3) is 33.3 Å². The summed E-state index contributed by atoms with van der Waals surface area (Å²) in [6.07, 6.45) is 2.36. The largest absolute Gasteiger partial charge is 0.493 e. The third-order valence-electron chi connectivity index (χ3n) is 6.44. The summed E-state index contributed by atoms with van der Waals surface area (Å²) in [7, 11) is 3.19. The van der Waals surface area contributed by atoms with E-state index in [-0.39, 0.29) is 11.9 Å². The first kappa shape index (κ1) is 22.9. The van der Waals surface area contributed by atoms with Gasteiger partial charge in [-0.05, 0) is 42.5 Å². The van der Waals surface area contributed by atoms with Crippen molar-refractivity contribution in [2.24, 2.45) is 0 Å². The monoisotopic (exact) mass is 497 g/mol. The second kappa shape index (κ2) is 9.50. The van der Waals surface area contributed by atoms with Gasteiger partial charge >= 0.3 is 0 Å². The van der Waals surface area contributed by atoms with Gasteiger partial charge in [0, 0.05) is 30.0 Å². The summed E-state index contributed by atoms with van der Waals surface area (Å²) < 4.78 is 30.8. The van der Waals surface area contributed by atoms with Crippen LogP contribution >= 0.6 is 0 Å².